The Hall–Kier alpha value is -0.960. The largest absolute Gasteiger partial charge is 0.380 e. The number of hydrogen-bond donors (Lipinski definition) is 1. The molecule has 0 radical (unpaired) electrons. The highest BCUT2D eigenvalue weighted by Crippen LogP contribution is 2.03. The van der Waals surface area contributed by atoms with Crippen LogP contribution in [0.2, 0.25) is 0 Å². The number of aryl methyl sites for hydroxylation is 2. The summed E-state index contributed by atoms with van der Waals surface area (Å²) in [7, 11) is 1.72. The predicted molar refractivity (Wildman–Crippen MR) is 54.6 cm³/mol. The zero-order valence-electron chi connectivity index (χ0n) is 8.79. The molecule has 1 heterocycles. The van der Waals surface area contributed by atoms with E-state index in [1.807, 2.05) is 6.92 Å². The first-order valence-electron chi connectivity index (χ1n) is 4.56. The molecule has 3 nitrogen and oxygen atoms in total. The van der Waals surface area contributed by atoms with E-state index in [4.69, 9.17) is 4.74 Å². The van der Waals surface area contributed by atoms with Gasteiger partial charge in [0.25, 0.3) is 0 Å². The van der Waals surface area contributed by atoms with Gasteiger partial charge < -0.3 is 10.2 Å². The van der Waals surface area contributed by atoms with Crippen molar-refractivity contribution in [3.8, 4) is 0 Å². The van der Waals surface area contributed by atoms with Crippen molar-refractivity contribution in [3.63, 3.8) is 0 Å². The molecule has 0 aromatic carbocycles. The average Bonchev–Trinajstić information content (AvgIpc) is 2.43. The third-order valence-electron chi connectivity index (χ3n) is 2.21. The van der Waals surface area contributed by atoms with E-state index in [1.54, 1.807) is 7.11 Å². The van der Waals surface area contributed by atoms with E-state index in [2.05, 4.69) is 36.1 Å². The molecule has 1 atom stereocenters. The van der Waals surface area contributed by atoms with Crippen molar-refractivity contribution in [2.75, 3.05) is 19.1 Å². The summed E-state index contributed by atoms with van der Waals surface area (Å²) in [5.74, 6) is 0. The number of ether oxygens (including phenoxy) is 1. The van der Waals surface area contributed by atoms with Gasteiger partial charge in [0.05, 0.1) is 12.6 Å². The van der Waals surface area contributed by atoms with Crippen LogP contribution in [-0.2, 0) is 4.74 Å². The van der Waals surface area contributed by atoms with Crippen LogP contribution in [0.3, 0.4) is 0 Å². The SMILES string of the molecule is COC(C)CNn1c(C)ccc1C. The molecule has 0 fully saturated rings. The summed E-state index contributed by atoms with van der Waals surface area (Å²) in [6.45, 7) is 7.03. The van der Waals surface area contributed by atoms with Gasteiger partial charge >= 0.3 is 0 Å². The van der Waals surface area contributed by atoms with E-state index in [0.717, 1.165) is 6.54 Å². The number of hydrogen-bond acceptors (Lipinski definition) is 2. The van der Waals surface area contributed by atoms with Gasteiger partial charge in [-0.1, -0.05) is 0 Å². The summed E-state index contributed by atoms with van der Waals surface area (Å²) in [6.07, 6.45) is 0.237. The molecular weight excluding hydrogens is 164 g/mol. The second-order valence-corrected chi connectivity index (χ2v) is 3.36. The van der Waals surface area contributed by atoms with Crippen LogP contribution in [0.15, 0.2) is 12.1 Å². The second kappa shape index (κ2) is 4.33. The standard InChI is InChI=1S/C10H18N2O/c1-8-5-6-9(2)12(8)11-7-10(3)13-4/h5-6,10-11H,7H2,1-4H3. The van der Waals surface area contributed by atoms with E-state index < -0.39 is 0 Å². The van der Waals surface area contributed by atoms with Gasteiger partial charge in [-0.2, -0.15) is 0 Å². The highest BCUT2D eigenvalue weighted by atomic mass is 16.5. The van der Waals surface area contributed by atoms with Crippen LogP contribution in [0.1, 0.15) is 18.3 Å². The Morgan fingerprint density at radius 2 is 1.92 bits per heavy atom. The molecule has 0 saturated carbocycles. The van der Waals surface area contributed by atoms with Gasteiger partial charge in [-0.3, -0.25) is 4.68 Å². The van der Waals surface area contributed by atoms with Crippen molar-refractivity contribution in [2.45, 2.75) is 26.9 Å². The van der Waals surface area contributed by atoms with Crippen LogP contribution in [-0.4, -0.2) is 24.4 Å². The lowest BCUT2D eigenvalue weighted by molar-refractivity contribution is 0.126. The van der Waals surface area contributed by atoms with E-state index in [1.165, 1.54) is 11.4 Å². The molecule has 1 unspecified atom stereocenters. The Morgan fingerprint density at radius 3 is 2.38 bits per heavy atom. The maximum atomic E-state index is 5.15. The molecule has 0 saturated heterocycles. The number of rotatable bonds is 4. The number of methoxy groups -OCH3 is 1. The van der Waals surface area contributed by atoms with Gasteiger partial charge in [0.2, 0.25) is 0 Å². The Balaban J connectivity index is 2.53. The van der Waals surface area contributed by atoms with E-state index in [0.29, 0.717) is 0 Å². The summed E-state index contributed by atoms with van der Waals surface area (Å²) in [5, 5.41) is 0. The summed E-state index contributed by atoms with van der Waals surface area (Å²) < 4.78 is 7.23. The lowest BCUT2D eigenvalue weighted by atomic mass is 10.4. The molecule has 0 aliphatic rings. The molecule has 1 aromatic heterocycles. The summed E-state index contributed by atoms with van der Waals surface area (Å²) in [5.41, 5.74) is 5.75. The Labute approximate surface area is 79.7 Å². The first-order chi connectivity index (χ1) is 6.15. The van der Waals surface area contributed by atoms with Crippen LogP contribution >= 0.6 is 0 Å². The monoisotopic (exact) mass is 182 g/mol. The summed E-state index contributed by atoms with van der Waals surface area (Å²) >= 11 is 0. The van der Waals surface area contributed by atoms with Crippen molar-refractivity contribution in [1.82, 2.24) is 4.68 Å². The fourth-order valence-electron chi connectivity index (χ4n) is 1.22. The van der Waals surface area contributed by atoms with Crippen molar-refractivity contribution in [2.24, 2.45) is 0 Å². The van der Waals surface area contributed by atoms with Crippen LogP contribution in [0.5, 0.6) is 0 Å². The average molecular weight is 182 g/mol. The zero-order valence-corrected chi connectivity index (χ0v) is 8.79. The lowest BCUT2D eigenvalue weighted by Gasteiger charge is -2.15. The lowest BCUT2D eigenvalue weighted by Crippen LogP contribution is -2.26. The first kappa shape index (κ1) is 10.1. The highest BCUT2D eigenvalue weighted by Gasteiger charge is 2.02. The molecule has 1 aromatic rings. The molecule has 0 spiro atoms. The van der Waals surface area contributed by atoms with Crippen molar-refractivity contribution < 1.29 is 4.74 Å². The minimum atomic E-state index is 0.237. The first-order valence-corrected chi connectivity index (χ1v) is 4.56. The third-order valence-corrected chi connectivity index (χ3v) is 2.21. The Morgan fingerprint density at radius 1 is 1.38 bits per heavy atom. The molecule has 13 heavy (non-hydrogen) atoms. The molecule has 1 N–H and O–H groups in total. The quantitative estimate of drug-likeness (QED) is 0.766. The minimum Gasteiger partial charge on any atom is -0.380 e. The normalized spacial score (nSPS) is 12.9. The third kappa shape index (κ3) is 2.49. The Bertz CT molecular complexity index is 248. The van der Waals surface area contributed by atoms with E-state index in [-0.39, 0.29) is 6.10 Å². The molecule has 0 aliphatic carbocycles. The molecule has 0 aliphatic heterocycles. The Kier molecular flexibility index (Phi) is 3.37. The van der Waals surface area contributed by atoms with E-state index >= 15 is 0 Å². The molecule has 74 valence electrons. The van der Waals surface area contributed by atoms with Gasteiger partial charge in [0.15, 0.2) is 0 Å². The van der Waals surface area contributed by atoms with Gasteiger partial charge in [-0.15, -0.1) is 0 Å². The van der Waals surface area contributed by atoms with Gasteiger partial charge in [-0.25, -0.2) is 0 Å². The smallest absolute Gasteiger partial charge is 0.0731 e. The fraction of sp³-hybridized carbons (Fsp3) is 0.600. The van der Waals surface area contributed by atoms with Crippen LogP contribution < -0.4 is 5.43 Å². The minimum absolute atomic E-state index is 0.237. The van der Waals surface area contributed by atoms with E-state index in [9.17, 15) is 0 Å². The van der Waals surface area contributed by atoms with Crippen LogP contribution in [0, 0.1) is 13.8 Å². The zero-order chi connectivity index (χ0) is 9.84. The molecule has 0 bridgehead atoms. The topological polar surface area (TPSA) is 26.2 Å². The van der Waals surface area contributed by atoms with Gasteiger partial charge in [0.1, 0.15) is 0 Å². The summed E-state index contributed by atoms with van der Waals surface area (Å²) in [4.78, 5) is 0. The molecule has 0 amide bonds. The van der Waals surface area contributed by atoms with Gasteiger partial charge in [-0.05, 0) is 32.9 Å². The molecule has 1 rings (SSSR count). The van der Waals surface area contributed by atoms with Crippen LogP contribution in [0.4, 0.5) is 0 Å². The number of nitrogens with one attached hydrogen (secondary N) is 1. The van der Waals surface area contributed by atoms with Crippen molar-refractivity contribution >= 4 is 0 Å². The van der Waals surface area contributed by atoms with Crippen LogP contribution in [0.25, 0.3) is 0 Å². The molecular formula is C10H18N2O. The number of nitrogens with zero attached hydrogens (tertiary/aromatic N) is 1. The highest BCUT2D eigenvalue weighted by molar-refractivity contribution is 5.15. The van der Waals surface area contributed by atoms with Gasteiger partial charge in [0, 0.05) is 18.5 Å². The van der Waals surface area contributed by atoms with Crippen molar-refractivity contribution in [3.05, 3.63) is 23.5 Å². The maximum Gasteiger partial charge on any atom is 0.0731 e. The molecule has 3 heteroatoms. The number of aromatic nitrogens is 1. The maximum absolute atomic E-state index is 5.15. The van der Waals surface area contributed by atoms with Crippen molar-refractivity contribution in [1.29, 1.82) is 0 Å². The fourth-order valence-corrected chi connectivity index (χ4v) is 1.22. The predicted octanol–water partition coefficient (Wildman–Crippen LogP) is 1.68. The summed E-state index contributed by atoms with van der Waals surface area (Å²) in [6, 6.07) is 4.19. The second-order valence-electron chi connectivity index (χ2n) is 3.36.